The highest BCUT2D eigenvalue weighted by molar-refractivity contribution is 4.94. The van der Waals surface area contributed by atoms with E-state index in [1.165, 1.54) is 51.9 Å². The van der Waals surface area contributed by atoms with Crippen molar-refractivity contribution in [2.24, 2.45) is 5.92 Å². The van der Waals surface area contributed by atoms with E-state index in [1.807, 2.05) is 0 Å². The Morgan fingerprint density at radius 2 is 2.20 bits per heavy atom. The van der Waals surface area contributed by atoms with Crippen molar-refractivity contribution < 1.29 is 4.74 Å². The van der Waals surface area contributed by atoms with Gasteiger partial charge in [0.25, 0.3) is 0 Å². The van der Waals surface area contributed by atoms with Gasteiger partial charge in [0.05, 0.1) is 6.10 Å². The summed E-state index contributed by atoms with van der Waals surface area (Å²) in [7, 11) is 0. The molecule has 3 heteroatoms. The number of likely N-dealkylation sites (tertiary alicyclic amines) is 1. The Morgan fingerprint density at radius 1 is 1.20 bits per heavy atom. The van der Waals surface area contributed by atoms with Crippen LogP contribution in [0.4, 0.5) is 0 Å². The van der Waals surface area contributed by atoms with Gasteiger partial charge in [0.1, 0.15) is 0 Å². The molecule has 0 spiro atoms. The van der Waals surface area contributed by atoms with E-state index < -0.39 is 0 Å². The number of rotatable bonds is 2. The van der Waals surface area contributed by atoms with E-state index in [4.69, 9.17) is 4.74 Å². The van der Waals surface area contributed by atoms with Crippen LogP contribution in [-0.4, -0.2) is 49.8 Å². The van der Waals surface area contributed by atoms with E-state index in [-0.39, 0.29) is 0 Å². The molecule has 86 valence electrons. The third-order valence-electron chi connectivity index (χ3n) is 4.17. The Labute approximate surface area is 92.2 Å². The molecule has 0 bridgehead atoms. The van der Waals surface area contributed by atoms with Gasteiger partial charge in [-0.2, -0.15) is 0 Å². The van der Waals surface area contributed by atoms with Crippen molar-refractivity contribution in [2.75, 3.05) is 32.8 Å². The minimum Gasteiger partial charge on any atom is -0.377 e. The van der Waals surface area contributed by atoms with Crippen molar-refractivity contribution in [3.8, 4) is 0 Å². The second-order valence-corrected chi connectivity index (χ2v) is 5.32. The van der Waals surface area contributed by atoms with Gasteiger partial charge in [-0.05, 0) is 38.1 Å². The molecule has 0 aromatic heterocycles. The van der Waals surface area contributed by atoms with Crippen molar-refractivity contribution in [2.45, 2.75) is 37.8 Å². The third-order valence-corrected chi connectivity index (χ3v) is 4.17. The Hall–Kier alpha value is -0.120. The number of fused-ring (bicyclic) bond motifs is 1. The molecule has 0 aliphatic carbocycles. The maximum absolute atomic E-state index is 5.80. The first-order valence-corrected chi connectivity index (χ1v) is 6.49. The molecule has 3 aliphatic rings. The zero-order valence-electron chi connectivity index (χ0n) is 9.45. The van der Waals surface area contributed by atoms with E-state index in [0.717, 1.165) is 18.6 Å². The lowest BCUT2D eigenvalue weighted by Crippen LogP contribution is -2.37. The monoisotopic (exact) mass is 210 g/mol. The average Bonchev–Trinajstić information content (AvgIpc) is 2.79. The average molecular weight is 210 g/mol. The van der Waals surface area contributed by atoms with Crippen LogP contribution in [-0.2, 0) is 4.74 Å². The normalized spacial score (nSPS) is 42.0. The molecule has 1 unspecified atom stereocenters. The molecule has 15 heavy (non-hydrogen) atoms. The van der Waals surface area contributed by atoms with Gasteiger partial charge in [-0.25, -0.2) is 0 Å². The minimum absolute atomic E-state index is 0.526. The zero-order chi connectivity index (χ0) is 10.1. The largest absolute Gasteiger partial charge is 0.377 e. The summed E-state index contributed by atoms with van der Waals surface area (Å²) < 4.78 is 5.80. The zero-order valence-corrected chi connectivity index (χ0v) is 9.45. The number of nitrogens with zero attached hydrogens (tertiary/aromatic N) is 1. The third kappa shape index (κ3) is 2.19. The van der Waals surface area contributed by atoms with Gasteiger partial charge in [-0.3, -0.25) is 4.90 Å². The van der Waals surface area contributed by atoms with Crippen LogP contribution in [0.3, 0.4) is 0 Å². The first kappa shape index (κ1) is 10.1. The van der Waals surface area contributed by atoms with Crippen LogP contribution in [0.2, 0.25) is 0 Å². The van der Waals surface area contributed by atoms with Crippen molar-refractivity contribution in [3.63, 3.8) is 0 Å². The second-order valence-electron chi connectivity index (χ2n) is 5.32. The van der Waals surface area contributed by atoms with Crippen LogP contribution in [0.25, 0.3) is 0 Å². The maximum atomic E-state index is 5.80. The predicted molar refractivity (Wildman–Crippen MR) is 59.9 cm³/mol. The first-order valence-electron chi connectivity index (χ1n) is 6.49. The molecule has 3 nitrogen and oxygen atoms in total. The standard InChI is InChI=1S/C12H22N2O/c1-2-6-15-11(3-1)8-14-7-10-4-5-13-12(10)9-14/h10-13H,1-9H2/t10-,11?,12+/m0/s1. The molecular weight excluding hydrogens is 188 g/mol. The predicted octanol–water partition coefficient (Wildman–Crippen LogP) is 0.849. The van der Waals surface area contributed by atoms with E-state index in [1.54, 1.807) is 0 Å². The molecule has 1 N–H and O–H groups in total. The molecule has 3 heterocycles. The Balaban J connectivity index is 1.48. The lowest BCUT2D eigenvalue weighted by molar-refractivity contribution is -0.00277. The Kier molecular flexibility index (Phi) is 2.95. The highest BCUT2D eigenvalue weighted by Gasteiger charge is 2.36. The summed E-state index contributed by atoms with van der Waals surface area (Å²) in [6.45, 7) is 5.96. The summed E-state index contributed by atoms with van der Waals surface area (Å²) >= 11 is 0. The molecule has 0 amide bonds. The fraction of sp³-hybridized carbons (Fsp3) is 1.00. The molecule has 3 aliphatic heterocycles. The van der Waals surface area contributed by atoms with E-state index in [2.05, 4.69) is 10.2 Å². The van der Waals surface area contributed by atoms with Gasteiger partial charge >= 0.3 is 0 Å². The Bertz CT molecular complexity index is 204. The van der Waals surface area contributed by atoms with Crippen LogP contribution in [0.5, 0.6) is 0 Å². The highest BCUT2D eigenvalue weighted by Crippen LogP contribution is 2.25. The summed E-state index contributed by atoms with van der Waals surface area (Å²) in [5.41, 5.74) is 0. The quantitative estimate of drug-likeness (QED) is 0.731. The summed E-state index contributed by atoms with van der Waals surface area (Å²) in [5, 5.41) is 3.60. The van der Waals surface area contributed by atoms with Crippen molar-refractivity contribution >= 4 is 0 Å². The molecule has 3 atom stereocenters. The van der Waals surface area contributed by atoms with Crippen LogP contribution >= 0.6 is 0 Å². The fourth-order valence-corrected chi connectivity index (χ4v) is 3.33. The highest BCUT2D eigenvalue weighted by atomic mass is 16.5. The maximum Gasteiger partial charge on any atom is 0.0702 e. The Morgan fingerprint density at radius 3 is 3.00 bits per heavy atom. The second kappa shape index (κ2) is 4.40. The van der Waals surface area contributed by atoms with Crippen molar-refractivity contribution in [1.82, 2.24) is 10.2 Å². The molecule has 0 aromatic carbocycles. The van der Waals surface area contributed by atoms with Gasteiger partial charge in [0.15, 0.2) is 0 Å². The van der Waals surface area contributed by atoms with Gasteiger partial charge in [-0.15, -0.1) is 0 Å². The SMILES string of the molecule is C1CCC(CN2C[C@@H]3CCN[C@@H]3C2)OC1. The molecule has 3 fully saturated rings. The molecule has 0 saturated carbocycles. The van der Waals surface area contributed by atoms with E-state index in [9.17, 15) is 0 Å². The number of nitrogens with one attached hydrogen (secondary N) is 1. The number of hydrogen-bond acceptors (Lipinski definition) is 3. The molecule has 3 rings (SSSR count). The minimum atomic E-state index is 0.526. The summed E-state index contributed by atoms with van der Waals surface area (Å²) in [6.07, 6.45) is 5.82. The van der Waals surface area contributed by atoms with Crippen molar-refractivity contribution in [3.05, 3.63) is 0 Å². The summed E-state index contributed by atoms with van der Waals surface area (Å²) in [4.78, 5) is 2.61. The summed E-state index contributed by atoms with van der Waals surface area (Å²) in [5.74, 6) is 0.925. The first-order chi connectivity index (χ1) is 7.42. The lowest BCUT2D eigenvalue weighted by atomic mass is 10.1. The fourth-order valence-electron chi connectivity index (χ4n) is 3.33. The van der Waals surface area contributed by atoms with Gasteiger partial charge in [0.2, 0.25) is 0 Å². The van der Waals surface area contributed by atoms with Gasteiger partial charge in [0, 0.05) is 32.3 Å². The van der Waals surface area contributed by atoms with Crippen molar-refractivity contribution in [1.29, 1.82) is 0 Å². The van der Waals surface area contributed by atoms with Crippen LogP contribution in [0, 0.1) is 5.92 Å². The van der Waals surface area contributed by atoms with Gasteiger partial charge < -0.3 is 10.1 Å². The topological polar surface area (TPSA) is 24.5 Å². The van der Waals surface area contributed by atoms with E-state index >= 15 is 0 Å². The lowest BCUT2D eigenvalue weighted by Gasteiger charge is -2.27. The number of hydrogen-bond donors (Lipinski definition) is 1. The summed E-state index contributed by atoms with van der Waals surface area (Å²) in [6, 6.07) is 0.786. The smallest absolute Gasteiger partial charge is 0.0702 e. The number of ether oxygens (including phenoxy) is 1. The molecule has 0 radical (unpaired) electrons. The molecule has 0 aromatic rings. The van der Waals surface area contributed by atoms with Gasteiger partial charge in [-0.1, -0.05) is 0 Å². The van der Waals surface area contributed by atoms with Crippen LogP contribution in [0.1, 0.15) is 25.7 Å². The van der Waals surface area contributed by atoms with Crippen LogP contribution in [0.15, 0.2) is 0 Å². The molecule has 3 saturated heterocycles. The van der Waals surface area contributed by atoms with E-state index in [0.29, 0.717) is 6.10 Å². The van der Waals surface area contributed by atoms with Crippen LogP contribution < -0.4 is 5.32 Å². The molecular formula is C12H22N2O.